The summed E-state index contributed by atoms with van der Waals surface area (Å²) >= 11 is 3.43. The van der Waals surface area contributed by atoms with Gasteiger partial charge in [-0.3, -0.25) is 4.68 Å². The van der Waals surface area contributed by atoms with Crippen LogP contribution in [0.2, 0.25) is 0 Å². The second-order valence-corrected chi connectivity index (χ2v) is 5.53. The van der Waals surface area contributed by atoms with Gasteiger partial charge in [-0.2, -0.15) is 5.10 Å². The van der Waals surface area contributed by atoms with Crippen molar-refractivity contribution >= 4 is 15.9 Å². The van der Waals surface area contributed by atoms with Gasteiger partial charge in [0.15, 0.2) is 5.75 Å². The Kier molecular flexibility index (Phi) is 5.36. The molecule has 1 atom stereocenters. The number of rotatable bonds is 6. The molecule has 0 aliphatic carbocycles. The minimum absolute atomic E-state index is 0.268. The number of hydrogen-bond donors (Lipinski definition) is 1. The lowest BCUT2D eigenvalue weighted by Gasteiger charge is -2.21. The Bertz CT molecular complexity index is 595. The first-order valence-corrected chi connectivity index (χ1v) is 7.64. The summed E-state index contributed by atoms with van der Waals surface area (Å²) < 4.78 is 22.3. The lowest BCUT2D eigenvalue weighted by atomic mass is 10.0. The molecule has 1 N–H and O–H groups in total. The van der Waals surface area contributed by atoms with Crippen LogP contribution in [0, 0.1) is 5.82 Å². The highest BCUT2D eigenvalue weighted by Gasteiger charge is 2.26. The fourth-order valence-electron chi connectivity index (χ4n) is 2.42. The van der Waals surface area contributed by atoms with Crippen LogP contribution >= 0.6 is 15.9 Å². The lowest BCUT2D eigenvalue weighted by molar-refractivity contribution is 0.398. The molecule has 114 valence electrons. The van der Waals surface area contributed by atoms with Crippen molar-refractivity contribution in [3.63, 3.8) is 0 Å². The standard InChI is InChI=1S/C15H19BrFN3O/c1-4-8-20-15(12(21-3)9-19-20)14(18-2)13-10(16)6-5-7-11(13)17/h5-7,9,14,18H,4,8H2,1-3H3. The van der Waals surface area contributed by atoms with Gasteiger partial charge in [-0.15, -0.1) is 0 Å². The van der Waals surface area contributed by atoms with Crippen molar-refractivity contribution in [1.29, 1.82) is 0 Å². The number of ether oxygens (including phenoxy) is 1. The first-order chi connectivity index (χ1) is 10.1. The number of nitrogens with one attached hydrogen (secondary N) is 1. The SMILES string of the molecule is CCCn1ncc(OC)c1C(NC)c1c(F)cccc1Br. The average molecular weight is 356 g/mol. The van der Waals surface area contributed by atoms with E-state index in [1.165, 1.54) is 6.07 Å². The van der Waals surface area contributed by atoms with E-state index in [9.17, 15) is 4.39 Å². The largest absolute Gasteiger partial charge is 0.493 e. The second-order valence-electron chi connectivity index (χ2n) is 4.68. The third kappa shape index (κ3) is 3.11. The number of aromatic nitrogens is 2. The van der Waals surface area contributed by atoms with Gasteiger partial charge in [0.25, 0.3) is 0 Å². The van der Waals surface area contributed by atoms with Gasteiger partial charge in [-0.25, -0.2) is 4.39 Å². The second kappa shape index (κ2) is 7.04. The summed E-state index contributed by atoms with van der Waals surface area (Å²) in [5.41, 5.74) is 1.38. The Morgan fingerprint density at radius 3 is 2.81 bits per heavy atom. The lowest BCUT2D eigenvalue weighted by Crippen LogP contribution is -2.23. The Morgan fingerprint density at radius 2 is 2.24 bits per heavy atom. The van der Waals surface area contributed by atoms with Gasteiger partial charge in [0, 0.05) is 16.6 Å². The average Bonchev–Trinajstić information content (AvgIpc) is 2.86. The number of hydrogen-bond acceptors (Lipinski definition) is 3. The molecule has 4 nitrogen and oxygen atoms in total. The molecule has 21 heavy (non-hydrogen) atoms. The molecular formula is C15H19BrFN3O. The van der Waals surface area contributed by atoms with Gasteiger partial charge in [0.2, 0.25) is 0 Å². The van der Waals surface area contributed by atoms with Crippen molar-refractivity contribution in [1.82, 2.24) is 15.1 Å². The number of benzene rings is 1. The molecule has 1 aromatic heterocycles. The summed E-state index contributed by atoms with van der Waals surface area (Å²) in [5, 5.41) is 7.51. The van der Waals surface area contributed by atoms with Crippen LogP contribution in [0.25, 0.3) is 0 Å². The van der Waals surface area contributed by atoms with Gasteiger partial charge >= 0.3 is 0 Å². The monoisotopic (exact) mass is 355 g/mol. The zero-order chi connectivity index (χ0) is 15.4. The van der Waals surface area contributed by atoms with Gasteiger partial charge < -0.3 is 10.1 Å². The van der Waals surface area contributed by atoms with Gasteiger partial charge in [-0.1, -0.05) is 28.9 Å². The van der Waals surface area contributed by atoms with Crippen molar-refractivity contribution in [2.45, 2.75) is 25.9 Å². The fourth-order valence-corrected chi connectivity index (χ4v) is 2.99. The first kappa shape index (κ1) is 16.0. The Balaban J connectivity index is 2.58. The van der Waals surface area contributed by atoms with E-state index in [2.05, 4.69) is 33.3 Å². The molecule has 2 rings (SSSR count). The molecule has 0 amide bonds. The van der Waals surface area contributed by atoms with Crippen molar-refractivity contribution in [3.8, 4) is 5.75 Å². The molecule has 1 unspecified atom stereocenters. The molecule has 1 heterocycles. The molecule has 0 saturated heterocycles. The molecule has 0 saturated carbocycles. The minimum Gasteiger partial charge on any atom is -0.493 e. The molecule has 2 aromatic rings. The van der Waals surface area contributed by atoms with Gasteiger partial charge in [0.05, 0.1) is 19.3 Å². The Morgan fingerprint density at radius 1 is 1.48 bits per heavy atom. The summed E-state index contributed by atoms with van der Waals surface area (Å²) in [6.45, 7) is 2.83. The summed E-state index contributed by atoms with van der Waals surface area (Å²) in [6.07, 6.45) is 2.61. The highest BCUT2D eigenvalue weighted by Crippen LogP contribution is 2.35. The van der Waals surface area contributed by atoms with Crippen LogP contribution in [0.15, 0.2) is 28.9 Å². The third-order valence-corrected chi connectivity index (χ3v) is 4.04. The summed E-state index contributed by atoms with van der Waals surface area (Å²) in [4.78, 5) is 0. The van der Waals surface area contributed by atoms with E-state index >= 15 is 0 Å². The zero-order valence-electron chi connectivity index (χ0n) is 12.4. The third-order valence-electron chi connectivity index (χ3n) is 3.35. The number of nitrogens with zero attached hydrogens (tertiary/aromatic N) is 2. The maximum absolute atomic E-state index is 14.3. The summed E-state index contributed by atoms with van der Waals surface area (Å²) in [6, 6.07) is 4.62. The first-order valence-electron chi connectivity index (χ1n) is 6.84. The topological polar surface area (TPSA) is 39.1 Å². The maximum atomic E-state index is 14.3. The zero-order valence-corrected chi connectivity index (χ0v) is 13.9. The molecule has 6 heteroatoms. The van der Waals surface area contributed by atoms with Crippen molar-refractivity contribution in [2.75, 3.05) is 14.2 Å². The van der Waals surface area contributed by atoms with Crippen LogP contribution in [0.5, 0.6) is 5.75 Å². The predicted octanol–water partition coefficient (Wildman–Crippen LogP) is 3.51. The normalized spacial score (nSPS) is 12.4. The number of methoxy groups -OCH3 is 1. The van der Waals surface area contributed by atoms with E-state index in [0.717, 1.165) is 18.7 Å². The van der Waals surface area contributed by atoms with Crippen LogP contribution in [-0.2, 0) is 6.54 Å². The van der Waals surface area contributed by atoms with Crippen LogP contribution in [0.1, 0.15) is 30.6 Å². The highest BCUT2D eigenvalue weighted by atomic mass is 79.9. The van der Waals surface area contributed by atoms with Crippen molar-refractivity contribution in [3.05, 3.63) is 45.9 Å². The molecule has 0 radical (unpaired) electrons. The maximum Gasteiger partial charge on any atom is 0.161 e. The van der Waals surface area contributed by atoms with E-state index in [4.69, 9.17) is 4.74 Å². The van der Waals surface area contributed by atoms with E-state index in [1.54, 1.807) is 26.4 Å². The minimum atomic E-state index is -0.343. The molecule has 0 bridgehead atoms. The van der Waals surface area contributed by atoms with Crippen LogP contribution in [0.3, 0.4) is 0 Å². The Hall–Kier alpha value is -1.40. The van der Waals surface area contributed by atoms with Crippen LogP contribution in [-0.4, -0.2) is 23.9 Å². The summed E-state index contributed by atoms with van der Waals surface area (Å²) in [5.74, 6) is 0.382. The highest BCUT2D eigenvalue weighted by molar-refractivity contribution is 9.10. The molecule has 0 spiro atoms. The molecule has 0 fully saturated rings. The van der Waals surface area contributed by atoms with E-state index in [1.807, 2.05) is 10.7 Å². The smallest absolute Gasteiger partial charge is 0.161 e. The van der Waals surface area contributed by atoms with Gasteiger partial charge in [0.1, 0.15) is 11.5 Å². The number of aryl methyl sites for hydroxylation is 1. The van der Waals surface area contributed by atoms with E-state index in [0.29, 0.717) is 15.8 Å². The van der Waals surface area contributed by atoms with Crippen molar-refractivity contribution < 1.29 is 9.13 Å². The molecular weight excluding hydrogens is 337 g/mol. The number of halogens is 2. The van der Waals surface area contributed by atoms with E-state index in [-0.39, 0.29) is 11.9 Å². The van der Waals surface area contributed by atoms with Crippen molar-refractivity contribution in [2.24, 2.45) is 0 Å². The molecule has 0 aliphatic rings. The van der Waals surface area contributed by atoms with Crippen LogP contribution in [0.4, 0.5) is 4.39 Å². The van der Waals surface area contributed by atoms with Crippen LogP contribution < -0.4 is 10.1 Å². The predicted molar refractivity (Wildman–Crippen MR) is 84.1 cm³/mol. The van der Waals surface area contributed by atoms with E-state index < -0.39 is 0 Å². The fraction of sp³-hybridized carbons (Fsp3) is 0.400. The molecule has 0 aliphatic heterocycles. The Labute approximate surface area is 132 Å². The summed E-state index contributed by atoms with van der Waals surface area (Å²) in [7, 11) is 3.40. The molecule has 1 aromatic carbocycles. The van der Waals surface area contributed by atoms with Gasteiger partial charge in [-0.05, 0) is 25.6 Å². The quantitative estimate of drug-likeness (QED) is 0.861.